The third-order valence-electron chi connectivity index (χ3n) is 7.43. The number of hydrogen-bond acceptors (Lipinski definition) is 4. The van der Waals surface area contributed by atoms with Crippen molar-refractivity contribution in [2.75, 3.05) is 31.5 Å². The maximum atomic E-state index is 15.7. The molecule has 0 aromatic carbocycles. The maximum absolute atomic E-state index is 15.7. The van der Waals surface area contributed by atoms with Crippen molar-refractivity contribution in [3.63, 3.8) is 0 Å². The second kappa shape index (κ2) is 12.1. The molecule has 1 aromatic rings. The van der Waals surface area contributed by atoms with E-state index in [4.69, 9.17) is 4.99 Å². The quantitative estimate of drug-likeness (QED) is 0.206. The van der Waals surface area contributed by atoms with Gasteiger partial charge in [0.25, 0.3) is 0 Å². The molecule has 0 radical (unpaired) electrons. The number of halogens is 2. The molecule has 1 aliphatic heterocycles. The van der Waals surface area contributed by atoms with E-state index in [1.807, 2.05) is 4.90 Å². The predicted octanol–water partition coefficient (Wildman–Crippen LogP) is 5.48. The molecule has 1 N–H and O–H groups in total. The minimum Gasteiger partial charge on any atom is -0.352 e. The fourth-order valence-electron chi connectivity index (χ4n) is 5.42. The van der Waals surface area contributed by atoms with Gasteiger partial charge in [-0.3, -0.25) is 9.59 Å². The van der Waals surface area contributed by atoms with Crippen molar-refractivity contribution in [3.05, 3.63) is 65.0 Å². The molecule has 3 aliphatic rings. The molecule has 0 bridgehead atoms. The standard InChI is InChI=1S/C30H37F2N5O2/c1-6-24(39)36-12-14-37(15-13-36)30(35-28-25(18(2)3)26(28)19(4)5)21-16-23(32)27(34-29(21)33-17-38)20-10-8-7-9-11-22(20)31/h6,10-11,16-19,25H,1,7-9,12-15H2,2-5H3,(H,33,34,38). The molecule has 2 amide bonds. The Hall–Kier alpha value is -3.62. The van der Waals surface area contributed by atoms with E-state index in [0.29, 0.717) is 68.7 Å². The maximum Gasteiger partial charge on any atom is 0.246 e. The Morgan fingerprint density at radius 2 is 1.79 bits per heavy atom. The first-order chi connectivity index (χ1) is 18.7. The molecule has 2 heterocycles. The van der Waals surface area contributed by atoms with Crippen molar-refractivity contribution >= 4 is 29.5 Å². The molecule has 1 fully saturated rings. The highest BCUT2D eigenvalue weighted by Gasteiger charge is 2.41. The number of anilines is 1. The van der Waals surface area contributed by atoms with Crippen molar-refractivity contribution in [2.45, 2.75) is 47.0 Å². The van der Waals surface area contributed by atoms with Crippen LogP contribution in [0.3, 0.4) is 0 Å². The second-order valence-electron chi connectivity index (χ2n) is 10.7. The van der Waals surface area contributed by atoms with Crippen molar-refractivity contribution in [1.82, 2.24) is 14.8 Å². The first kappa shape index (κ1) is 28.4. The van der Waals surface area contributed by atoms with Crippen molar-refractivity contribution < 1.29 is 18.4 Å². The topological polar surface area (TPSA) is 77.9 Å². The summed E-state index contributed by atoms with van der Waals surface area (Å²) < 4.78 is 30.5. The highest BCUT2D eigenvalue weighted by Crippen LogP contribution is 2.50. The Morgan fingerprint density at radius 1 is 1.13 bits per heavy atom. The van der Waals surface area contributed by atoms with Gasteiger partial charge in [0.05, 0.1) is 11.3 Å². The Balaban J connectivity index is 1.82. The molecular formula is C30H37F2N5O2. The minimum atomic E-state index is -0.694. The fourth-order valence-corrected chi connectivity index (χ4v) is 5.42. The summed E-state index contributed by atoms with van der Waals surface area (Å²) in [5, 5.41) is 2.60. The van der Waals surface area contributed by atoms with Crippen LogP contribution in [0.2, 0.25) is 0 Å². The van der Waals surface area contributed by atoms with Crippen LogP contribution in [0.15, 0.2) is 53.0 Å². The van der Waals surface area contributed by atoms with Crippen LogP contribution >= 0.6 is 0 Å². The third kappa shape index (κ3) is 6.02. The van der Waals surface area contributed by atoms with E-state index < -0.39 is 11.6 Å². The van der Waals surface area contributed by atoms with Crippen LogP contribution in [0.25, 0.3) is 5.57 Å². The number of rotatable bonds is 8. The molecule has 0 saturated carbocycles. The lowest BCUT2D eigenvalue weighted by Gasteiger charge is -2.36. The number of carbonyl (C=O) groups excluding carboxylic acids is 2. The van der Waals surface area contributed by atoms with E-state index in [2.05, 4.69) is 44.6 Å². The normalized spacial score (nSPS) is 20.1. The Kier molecular flexibility index (Phi) is 8.77. The van der Waals surface area contributed by atoms with Gasteiger partial charge < -0.3 is 15.1 Å². The predicted molar refractivity (Wildman–Crippen MR) is 150 cm³/mol. The van der Waals surface area contributed by atoms with Crippen LogP contribution in [0.5, 0.6) is 0 Å². The molecule has 7 nitrogen and oxygen atoms in total. The number of carbonyl (C=O) groups is 2. The zero-order chi connectivity index (χ0) is 28.3. The van der Waals surface area contributed by atoms with E-state index in [1.165, 1.54) is 23.8 Å². The summed E-state index contributed by atoms with van der Waals surface area (Å²) in [6, 6.07) is 1.29. The molecule has 1 saturated heterocycles. The van der Waals surface area contributed by atoms with E-state index >= 15 is 4.39 Å². The Morgan fingerprint density at radius 3 is 2.38 bits per heavy atom. The molecule has 1 unspecified atom stereocenters. The minimum absolute atomic E-state index is 0.0902. The van der Waals surface area contributed by atoms with Gasteiger partial charge in [-0.25, -0.2) is 18.8 Å². The molecule has 9 heteroatoms. The fraction of sp³-hybridized carbons (Fsp3) is 0.467. The van der Waals surface area contributed by atoms with Gasteiger partial charge in [0.1, 0.15) is 29.0 Å². The number of piperazine rings is 1. The smallest absolute Gasteiger partial charge is 0.246 e. The average Bonchev–Trinajstić information content (AvgIpc) is 3.68. The highest BCUT2D eigenvalue weighted by molar-refractivity contribution is 6.05. The summed E-state index contributed by atoms with van der Waals surface area (Å²) in [6.45, 7) is 13.9. The summed E-state index contributed by atoms with van der Waals surface area (Å²) in [5.41, 5.74) is 2.48. The second-order valence-corrected chi connectivity index (χ2v) is 10.7. The molecule has 39 heavy (non-hydrogen) atoms. The van der Waals surface area contributed by atoms with Crippen molar-refractivity contribution in [3.8, 4) is 0 Å². The number of amides is 2. The number of aromatic nitrogens is 1. The van der Waals surface area contributed by atoms with E-state index in [1.54, 1.807) is 11.0 Å². The van der Waals surface area contributed by atoms with Gasteiger partial charge in [0.2, 0.25) is 12.3 Å². The number of amidine groups is 1. The number of aliphatic imine (C=N–C) groups is 1. The van der Waals surface area contributed by atoms with Crippen LogP contribution in [0, 0.1) is 23.6 Å². The Bertz CT molecular complexity index is 1270. The van der Waals surface area contributed by atoms with Crippen LogP contribution in [0.4, 0.5) is 14.6 Å². The van der Waals surface area contributed by atoms with E-state index in [0.717, 1.165) is 12.1 Å². The van der Waals surface area contributed by atoms with Gasteiger partial charge in [-0.2, -0.15) is 0 Å². The van der Waals surface area contributed by atoms with Crippen molar-refractivity contribution in [2.24, 2.45) is 22.7 Å². The average molecular weight is 538 g/mol. The molecular weight excluding hydrogens is 500 g/mol. The Labute approximate surface area is 229 Å². The zero-order valence-corrected chi connectivity index (χ0v) is 23.1. The molecule has 2 aliphatic carbocycles. The van der Waals surface area contributed by atoms with Crippen LogP contribution in [-0.4, -0.2) is 59.1 Å². The van der Waals surface area contributed by atoms with Crippen LogP contribution < -0.4 is 5.32 Å². The molecule has 0 spiro atoms. The van der Waals surface area contributed by atoms with E-state index in [9.17, 15) is 14.0 Å². The number of allylic oxidation sites excluding steroid dienone is 6. The van der Waals surface area contributed by atoms with Crippen molar-refractivity contribution in [1.29, 1.82) is 0 Å². The first-order valence-electron chi connectivity index (χ1n) is 13.6. The first-order valence-corrected chi connectivity index (χ1v) is 13.6. The molecule has 208 valence electrons. The number of nitrogens with one attached hydrogen (secondary N) is 1. The van der Waals surface area contributed by atoms with Gasteiger partial charge in [-0.15, -0.1) is 0 Å². The number of hydrogen-bond donors (Lipinski definition) is 1. The van der Waals surface area contributed by atoms with Gasteiger partial charge in [0.15, 0.2) is 0 Å². The lowest BCUT2D eigenvalue weighted by atomic mass is 9.99. The number of pyridine rings is 1. The molecule has 1 aromatic heterocycles. The summed E-state index contributed by atoms with van der Waals surface area (Å²) in [4.78, 5) is 37.0. The lowest BCUT2D eigenvalue weighted by Crippen LogP contribution is -2.50. The highest BCUT2D eigenvalue weighted by atomic mass is 19.1. The SMILES string of the molecule is C=CC(=O)N1CCN(C(=NC2=C(C(C)C)C2C(C)C)c2cc(F)c(C3=CCCCC=C3F)nc2NC=O)CC1. The third-order valence-corrected chi connectivity index (χ3v) is 7.43. The van der Waals surface area contributed by atoms with Crippen LogP contribution in [-0.2, 0) is 9.59 Å². The summed E-state index contributed by atoms with van der Waals surface area (Å²) in [6.07, 6.45) is 6.78. The largest absolute Gasteiger partial charge is 0.352 e. The summed E-state index contributed by atoms with van der Waals surface area (Å²) in [5.74, 6) is 0.102. The summed E-state index contributed by atoms with van der Waals surface area (Å²) in [7, 11) is 0. The lowest BCUT2D eigenvalue weighted by molar-refractivity contribution is -0.127. The van der Waals surface area contributed by atoms with Gasteiger partial charge >= 0.3 is 0 Å². The zero-order valence-electron chi connectivity index (χ0n) is 23.1. The molecule has 1 atom stereocenters. The van der Waals surface area contributed by atoms with Gasteiger partial charge in [-0.05, 0) is 54.9 Å². The van der Waals surface area contributed by atoms with Gasteiger partial charge in [-0.1, -0.05) is 40.3 Å². The monoisotopic (exact) mass is 537 g/mol. The van der Waals surface area contributed by atoms with Gasteiger partial charge in [0, 0.05) is 37.7 Å². The summed E-state index contributed by atoms with van der Waals surface area (Å²) >= 11 is 0. The molecule has 4 rings (SSSR count). The van der Waals surface area contributed by atoms with E-state index in [-0.39, 0.29) is 28.9 Å². The number of nitrogens with zero attached hydrogens (tertiary/aromatic N) is 4. The van der Waals surface area contributed by atoms with Crippen LogP contribution in [0.1, 0.15) is 58.2 Å².